The van der Waals surface area contributed by atoms with Crippen molar-refractivity contribution in [2.75, 3.05) is 6.61 Å². The second-order valence-corrected chi connectivity index (χ2v) is 3.33. The van der Waals surface area contributed by atoms with Crippen LogP contribution < -0.4 is 0 Å². The summed E-state index contributed by atoms with van der Waals surface area (Å²) in [6.07, 6.45) is 2.05. The summed E-state index contributed by atoms with van der Waals surface area (Å²) in [5.74, 6) is 1.05. The van der Waals surface area contributed by atoms with Crippen LogP contribution in [0.3, 0.4) is 0 Å². The highest BCUT2D eigenvalue weighted by molar-refractivity contribution is 14.1. The van der Waals surface area contributed by atoms with Gasteiger partial charge in [-0.25, -0.2) is 4.98 Å². The summed E-state index contributed by atoms with van der Waals surface area (Å²) in [5.41, 5.74) is 0. The standard InChI is InChI=1S/C6H7IN2O/c7-5-3-9-1-2-10-4-6(9)8-5/h3H,1-2,4H2. The Kier molecular flexibility index (Phi) is 1.65. The quantitative estimate of drug-likeness (QED) is 0.643. The van der Waals surface area contributed by atoms with Crippen molar-refractivity contribution in [2.45, 2.75) is 13.2 Å². The van der Waals surface area contributed by atoms with Crippen molar-refractivity contribution in [2.24, 2.45) is 0 Å². The number of imidazole rings is 1. The van der Waals surface area contributed by atoms with Gasteiger partial charge in [-0.15, -0.1) is 0 Å². The first-order valence-electron chi connectivity index (χ1n) is 3.15. The number of hydrogen-bond donors (Lipinski definition) is 0. The molecule has 1 aliphatic rings. The summed E-state index contributed by atoms with van der Waals surface area (Å²) in [6.45, 7) is 2.44. The number of rotatable bonds is 0. The van der Waals surface area contributed by atoms with Gasteiger partial charge in [0.1, 0.15) is 16.1 Å². The monoisotopic (exact) mass is 250 g/mol. The molecule has 54 valence electrons. The molecule has 0 bridgehead atoms. The van der Waals surface area contributed by atoms with Crippen LogP contribution in [0.25, 0.3) is 0 Å². The molecule has 1 aromatic heterocycles. The number of halogens is 1. The van der Waals surface area contributed by atoms with Gasteiger partial charge in [0.2, 0.25) is 0 Å². The van der Waals surface area contributed by atoms with Gasteiger partial charge < -0.3 is 9.30 Å². The normalized spacial score (nSPS) is 16.9. The number of hydrogen-bond acceptors (Lipinski definition) is 2. The van der Waals surface area contributed by atoms with Crippen LogP contribution >= 0.6 is 22.6 Å². The van der Waals surface area contributed by atoms with E-state index in [0.29, 0.717) is 6.61 Å². The van der Waals surface area contributed by atoms with E-state index in [1.54, 1.807) is 0 Å². The van der Waals surface area contributed by atoms with Crippen LogP contribution in [0.5, 0.6) is 0 Å². The molecular formula is C6H7IN2O. The molecule has 0 fully saturated rings. The molecule has 0 radical (unpaired) electrons. The molecule has 0 unspecified atom stereocenters. The van der Waals surface area contributed by atoms with Gasteiger partial charge in [-0.1, -0.05) is 0 Å². The first-order valence-corrected chi connectivity index (χ1v) is 4.23. The van der Waals surface area contributed by atoms with E-state index < -0.39 is 0 Å². The third-order valence-electron chi connectivity index (χ3n) is 1.54. The zero-order chi connectivity index (χ0) is 6.97. The fraction of sp³-hybridized carbons (Fsp3) is 0.500. The van der Waals surface area contributed by atoms with Gasteiger partial charge in [0.05, 0.1) is 6.61 Å². The number of ether oxygens (including phenoxy) is 1. The molecule has 2 rings (SSSR count). The van der Waals surface area contributed by atoms with Crippen LogP contribution in [0.1, 0.15) is 5.82 Å². The van der Waals surface area contributed by atoms with E-state index >= 15 is 0 Å². The Balaban J connectivity index is 2.41. The Morgan fingerprint density at radius 1 is 1.70 bits per heavy atom. The highest BCUT2D eigenvalue weighted by atomic mass is 127. The highest BCUT2D eigenvalue weighted by Crippen LogP contribution is 2.10. The van der Waals surface area contributed by atoms with Crippen LogP contribution in [0.2, 0.25) is 0 Å². The Hall–Kier alpha value is -0.100. The molecule has 1 aromatic rings. The molecule has 2 heterocycles. The lowest BCUT2D eigenvalue weighted by atomic mass is 10.5. The lowest BCUT2D eigenvalue weighted by Crippen LogP contribution is -2.15. The van der Waals surface area contributed by atoms with Crippen molar-refractivity contribution in [3.8, 4) is 0 Å². The fourth-order valence-electron chi connectivity index (χ4n) is 1.05. The lowest BCUT2D eigenvalue weighted by molar-refractivity contribution is 0.0816. The minimum absolute atomic E-state index is 0.670. The maximum absolute atomic E-state index is 5.22. The zero-order valence-corrected chi connectivity index (χ0v) is 7.54. The second-order valence-electron chi connectivity index (χ2n) is 2.23. The van der Waals surface area contributed by atoms with Crippen LogP contribution in [0.4, 0.5) is 0 Å². The van der Waals surface area contributed by atoms with Crippen LogP contribution in [0.15, 0.2) is 6.20 Å². The minimum Gasteiger partial charge on any atom is -0.372 e. The van der Waals surface area contributed by atoms with Crippen LogP contribution in [0, 0.1) is 3.70 Å². The van der Waals surface area contributed by atoms with E-state index in [2.05, 4.69) is 38.3 Å². The summed E-state index contributed by atoms with van der Waals surface area (Å²) in [5, 5.41) is 0. The molecule has 0 aliphatic carbocycles. The SMILES string of the molecule is Ic1cn2c(n1)COCC2. The zero-order valence-electron chi connectivity index (χ0n) is 5.38. The second kappa shape index (κ2) is 2.50. The molecule has 1 aliphatic heterocycles. The smallest absolute Gasteiger partial charge is 0.136 e. The summed E-state index contributed by atoms with van der Waals surface area (Å²) in [4.78, 5) is 4.28. The molecule has 0 amide bonds. The molecule has 10 heavy (non-hydrogen) atoms. The van der Waals surface area contributed by atoms with Crippen molar-refractivity contribution in [1.29, 1.82) is 0 Å². The van der Waals surface area contributed by atoms with E-state index in [1.165, 1.54) is 0 Å². The van der Waals surface area contributed by atoms with E-state index in [1.807, 2.05) is 0 Å². The summed E-state index contributed by atoms with van der Waals surface area (Å²) >= 11 is 2.21. The maximum Gasteiger partial charge on any atom is 0.136 e. The summed E-state index contributed by atoms with van der Waals surface area (Å²) < 4.78 is 8.42. The molecule has 0 spiro atoms. The van der Waals surface area contributed by atoms with Gasteiger partial charge in [-0.2, -0.15) is 0 Å². The predicted octanol–water partition coefficient (Wildman–Crippen LogP) is 1.02. The van der Waals surface area contributed by atoms with Gasteiger partial charge >= 0.3 is 0 Å². The molecular weight excluding hydrogens is 243 g/mol. The Labute approximate surface area is 72.5 Å². The lowest BCUT2D eigenvalue weighted by Gasteiger charge is -2.13. The van der Waals surface area contributed by atoms with Crippen molar-refractivity contribution >= 4 is 22.6 Å². The van der Waals surface area contributed by atoms with Crippen LogP contribution in [-0.2, 0) is 17.9 Å². The van der Waals surface area contributed by atoms with E-state index in [9.17, 15) is 0 Å². The molecule has 0 aromatic carbocycles. The third kappa shape index (κ3) is 1.05. The minimum atomic E-state index is 0.670. The Morgan fingerprint density at radius 3 is 3.40 bits per heavy atom. The maximum atomic E-state index is 5.22. The first-order chi connectivity index (χ1) is 4.86. The average molecular weight is 250 g/mol. The molecule has 0 saturated carbocycles. The first kappa shape index (κ1) is 6.60. The molecule has 3 nitrogen and oxygen atoms in total. The third-order valence-corrected chi connectivity index (χ3v) is 2.06. The molecule has 0 N–H and O–H groups in total. The summed E-state index contributed by atoms with van der Waals surface area (Å²) in [6, 6.07) is 0. The Bertz CT molecular complexity index is 222. The highest BCUT2D eigenvalue weighted by Gasteiger charge is 2.10. The number of aromatic nitrogens is 2. The largest absolute Gasteiger partial charge is 0.372 e. The van der Waals surface area contributed by atoms with Gasteiger partial charge in [-0.3, -0.25) is 0 Å². The molecule has 0 saturated heterocycles. The van der Waals surface area contributed by atoms with Crippen LogP contribution in [-0.4, -0.2) is 16.2 Å². The van der Waals surface area contributed by atoms with Gasteiger partial charge in [0, 0.05) is 12.7 Å². The summed E-state index contributed by atoms with van der Waals surface area (Å²) in [7, 11) is 0. The van der Waals surface area contributed by atoms with Crippen molar-refractivity contribution < 1.29 is 4.74 Å². The molecule has 0 atom stereocenters. The topological polar surface area (TPSA) is 27.1 Å². The van der Waals surface area contributed by atoms with Gasteiger partial charge in [0.25, 0.3) is 0 Å². The van der Waals surface area contributed by atoms with Crippen molar-refractivity contribution in [3.05, 3.63) is 15.7 Å². The van der Waals surface area contributed by atoms with Crippen molar-refractivity contribution in [1.82, 2.24) is 9.55 Å². The van der Waals surface area contributed by atoms with Crippen molar-refractivity contribution in [3.63, 3.8) is 0 Å². The van der Waals surface area contributed by atoms with Gasteiger partial charge in [0.15, 0.2) is 0 Å². The van der Waals surface area contributed by atoms with E-state index in [-0.39, 0.29) is 0 Å². The average Bonchev–Trinajstić information content (AvgIpc) is 2.27. The Morgan fingerprint density at radius 2 is 2.60 bits per heavy atom. The molecule has 4 heteroatoms. The fourth-order valence-corrected chi connectivity index (χ4v) is 1.67. The van der Waals surface area contributed by atoms with Gasteiger partial charge in [-0.05, 0) is 22.6 Å². The van der Waals surface area contributed by atoms with E-state index in [0.717, 1.165) is 22.7 Å². The number of nitrogens with zero attached hydrogens (tertiary/aromatic N) is 2. The van der Waals surface area contributed by atoms with E-state index in [4.69, 9.17) is 4.74 Å². The number of fused-ring (bicyclic) bond motifs is 1. The predicted molar refractivity (Wildman–Crippen MR) is 44.6 cm³/mol.